The first-order valence-corrected chi connectivity index (χ1v) is 6.90. The van der Waals surface area contributed by atoms with E-state index in [0.717, 1.165) is 11.3 Å². The maximum absolute atomic E-state index is 11.6. The van der Waals surface area contributed by atoms with Gasteiger partial charge in [-0.15, -0.1) is 5.10 Å². The minimum absolute atomic E-state index is 0.0734. The predicted molar refractivity (Wildman–Crippen MR) is 79.1 cm³/mol. The first-order chi connectivity index (χ1) is 11.1. The van der Waals surface area contributed by atoms with E-state index >= 15 is 0 Å². The maximum atomic E-state index is 11.6. The van der Waals surface area contributed by atoms with Crippen LogP contribution in [0.3, 0.4) is 0 Å². The molecule has 0 fully saturated rings. The Kier molecular flexibility index (Phi) is 3.96. The number of rotatable bonds is 5. The molecule has 0 atom stereocenters. The summed E-state index contributed by atoms with van der Waals surface area (Å²) in [6.45, 7) is 0. The van der Waals surface area contributed by atoms with Crippen molar-refractivity contribution in [2.45, 2.75) is 12.8 Å². The molecule has 0 aliphatic carbocycles. The second-order valence-electron chi connectivity index (χ2n) is 4.76. The molecule has 3 rings (SSSR count). The van der Waals surface area contributed by atoms with E-state index in [1.807, 2.05) is 30.3 Å². The molecule has 0 unspecified atom stereocenters. The molecule has 0 spiro atoms. The largest absolute Gasteiger partial charge is 0.550 e. The van der Waals surface area contributed by atoms with Crippen LogP contribution < -0.4 is 10.4 Å². The van der Waals surface area contributed by atoms with Crippen molar-refractivity contribution in [3.05, 3.63) is 42.6 Å². The number of hydrogen-bond acceptors (Lipinski definition) is 6. The molecule has 8 nitrogen and oxygen atoms in total. The van der Waals surface area contributed by atoms with Gasteiger partial charge in [0.1, 0.15) is 0 Å². The number of carbonyl (C=O) groups is 2. The van der Waals surface area contributed by atoms with Gasteiger partial charge in [-0.25, -0.2) is 4.98 Å². The van der Waals surface area contributed by atoms with Crippen molar-refractivity contribution >= 4 is 23.6 Å². The van der Waals surface area contributed by atoms with E-state index in [9.17, 15) is 14.7 Å². The number of aromatic nitrogens is 4. The van der Waals surface area contributed by atoms with Crippen LogP contribution in [0.4, 0.5) is 5.95 Å². The van der Waals surface area contributed by atoms with Crippen molar-refractivity contribution in [2.75, 3.05) is 5.32 Å². The van der Waals surface area contributed by atoms with Gasteiger partial charge >= 0.3 is 0 Å². The molecule has 2 heterocycles. The number of nitrogens with zero attached hydrogens (tertiary/aromatic N) is 4. The number of aliphatic carboxylic acids is 1. The molecule has 2 aromatic heterocycles. The molecule has 3 aromatic rings. The summed E-state index contributed by atoms with van der Waals surface area (Å²) < 4.78 is 1.52. The average molecular weight is 310 g/mol. The number of anilines is 1. The Labute approximate surface area is 130 Å². The van der Waals surface area contributed by atoms with Crippen LogP contribution in [-0.2, 0) is 9.59 Å². The van der Waals surface area contributed by atoms with Crippen LogP contribution in [0.25, 0.3) is 17.0 Å². The van der Waals surface area contributed by atoms with Gasteiger partial charge in [-0.2, -0.15) is 9.50 Å². The second-order valence-corrected chi connectivity index (χ2v) is 4.76. The van der Waals surface area contributed by atoms with E-state index in [1.54, 1.807) is 12.3 Å². The van der Waals surface area contributed by atoms with Crippen molar-refractivity contribution in [2.24, 2.45) is 0 Å². The fraction of sp³-hybridized carbons (Fsp3) is 0.133. The van der Waals surface area contributed by atoms with E-state index in [0.29, 0.717) is 5.78 Å². The number of nitrogens with one attached hydrogen (secondary N) is 1. The number of amides is 1. The zero-order valence-corrected chi connectivity index (χ0v) is 12.0. The Bertz CT molecular complexity index is 860. The molecule has 8 heteroatoms. The summed E-state index contributed by atoms with van der Waals surface area (Å²) in [5.41, 5.74) is 1.71. The fourth-order valence-electron chi connectivity index (χ4n) is 2.08. The lowest BCUT2D eigenvalue weighted by Gasteiger charge is -2.03. The van der Waals surface area contributed by atoms with Gasteiger partial charge in [0.25, 0.3) is 11.7 Å². The van der Waals surface area contributed by atoms with E-state index in [2.05, 4.69) is 20.4 Å². The zero-order valence-electron chi connectivity index (χ0n) is 12.0. The molecule has 23 heavy (non-hydrogen) atoms. The SMILES string of the molecule is O=C([O-])CCC(=O)Nc1nc2nccc(-c3ccccc3)n2n1. The summed E-state index contributed by atoms with van der Waals surface area (Å²) in [6, 6.07) is 11.4. The summed E-state index contributed by atoms with van der Waals surface area (Å²) in [5, 5.41) is 17.0. The lowest BCUT2D eigenvalue weighted by molar-refractivity contribution is -0.305. The monoisotopic (exact) mass is 310 g/mol. The third kappa shape index (κ3) is 3.31. The van der Waals surface area contributed by atoms with Gasteiger partial charge in [-0.05, 0) is 12.5 Å². The first-order valence-electron chi connectivity index (χ1n) is 6.90. The standard InChI is InChI=1S/C15H13N5O3/c21-12(6-7-13(22)23)17-14-18-15-16-9-8-11(20(15)19-14)10-4-2-1-3-5-10/h1-5,8-9H,6-7H2,(H,22,23)(H,17,19,21)/p-1. The lowest BCUT2D eigenvalue weighted by atomic mass is 10.1. The smallest absolute Gasteiger partial charge is 0.254 e. The van der Waals surface area contributed by atoms with Gasteiger partial charge in [-0.3, -0.25) is 10.1 Å². The highest BCUT2D eigenvalue weighted by Crippen LogP contribution is 2.19. The quantitative estimate of drug-likeness (QED) is 0.723. The second kappa shape index (κ2) is 6.22. The minimum Gasteiger partial charge on any atom is -0.550 e. The van der Waals surface area contributed by atoms with Crippen molar-refractivity contribution in [1.82, 2.24) is 19.6 Å². The van der Waals surface area contributed by atoms with E-state index in [-0.39, 0.29) is 18.8 Å². The molecule has 0 saturated heterocycles. The molecule has 0 saturated carbocycles. The molecule has 116 valence electrons. The Balaban J connectivity index is 1.88. The van der Waals surface area contributed by atoms with Crippen molar-refractivity contribution in [3.63, 3.8) is 0 Å². The van der Waals surface area contributed by atoms with Crippen LogP contribution >= 0.6 is 0 Å². The summed E-state index contributed by atoms with van der Waals surface area (Å²) in [4.78, 5) is 30.2. The van der Waals surface area contributed by atoms with Crippen molar-refractivity contribution < 1.29 is 14.7 Å². The zero-order chi connectivity index (χ0) is 16.2. The maximum Gasteiger partial charge on any atom is 0.254 e. The number of carbonyl (C=O) groups excluding carboxylic acids is 2. The molecule has 0 bridgehead atoms. The number of fused-ring (bicyclic) bond motifs is 1. The molecule has 0 aliphatic rings. The van der Waals surface area contributed by atoms with Gasteiger partial charge < -0.3 is 9.90 Å². The minimum atomic E-state index is -1.28. The third-order valence-electron chi connectivity index (χ3n) is 3.12. The molecule has 0 radical (unpaired) electrons. The third-order valence-corrected chi connectivity index (χ3v) is 3.12. The van der Waals surface area contributed by atoms with Crippen molar-refractivity contribution in [3.8, 4) is 11.3 Å². The van der Waals surface area contributed by atoms with Crippen LogP contribution in [0, 0.1) is 0 Å². The fourth-order valence-corrected chi connectivity index (χ4v) is 2.08. The van der Waals surface area contributed by atoms with Gasteiger partial charge in [0.15, 0.2) is 0 Å². The van der Waals surface area contributed by atoms with Gasteiger partial charge in [-0.1, -0.05) is 30.3 Å². The van der Waals surface area contributed by atoms with E-state index in [1.165, 1.54) is 4.52 Å². The summed E-state index contributed by atoms with van der Waals surface area (Å²) in [5.74, 6) is -1.37. The Morgan fingerprint density at radius 2 is 1.91 bits per heavy atom. The van der Waals surface area contributed by atoms with Gasteiger partial charge in [0, 0.05) is 24.2 Å². The highest BCUT2D eigenvalue weighted by molar-refractivity contribution is 5.90. The summed E-state index contributed by atoms with van der Waals surface area (Å²) >= 11 is 0. The lowest BCUT2D eigenvalue weighted by Crippen LogP contribution is -2.24. The molecular weight excluding hydrogens is 298 g/mol. The van der Waals surface area contributed by atoms with Crippen molar-refractivity contribution in [1.29, 1.82) is 0 Å². The van der Waals surface area contributed by atoms with E-state index in [4.69, 9.17) is 0 Å². The number of carboxylic acid groups (broad SMARTS) is 1. The Morgan fingerprint density at radius 1 is 1.13 bits per heavy atom. The highest BCUT2D eigenvalue weighted by Gasteiger charge is 2.11. The number of carboxylic acids is 1. The molecule has 1 amide bonds. The van der Waals surface area contributed by atoms with Crippen LogP contribution in [0.2, 0.25) is 0 Å². The Hall–Kier alpha value is -3.29. The molecular formula is C15H12N5O3-. The summed E-state index contributed by atoms with van der Waals surface area (Å²) in [7, 11) is 0. The van der Waals surface area contributed by atoms with E-state index < -0.39 is 11.9 Å². The summed E-state index contributed by atoms with van der Waals surface area (Å²) in [6.07, 6.45) is 1.05. The predicted octanol–water partition coefficient (Wildman–Crippen LogP) is 0.260. The molecule has 1 N–H and O–H groups in total. The van der Waals surface area contributed by atoms with Gasteiger partial charge in [0.2, 0.25) is 5.91 Å². The van der Waals surface area contributed by atoms with Crippen LogP contribution in [0.1, 0.15) is 12.8 Å². The first kappa shape index (κ1) is 14.6. The molecule has 0 aliphatic heterocycles. The van der Waals surface area contributed by atoms with Crippen LogP contribution in [-0.4, -0.2) is 31.5 Å². The molecule has 1 aromatic carbocycles. The Morgan fingerprint density at radius 3 is 2.65 bits per heavy atom. The normalized spacial score (nSPS) is 10.6. The number of benzene rings is 1. The average Bonchev–Trinajstić information content (AvgIpc) is 2.96. The van der Waals surface area contributed by atoms with Crippen LogP contribution in [0.5, 0.6) is 0 Å². The topological polar surface area (TPSA) is 112 Å². The highest BCUT2D eigenvalue weighted by atomic mass is 16.4. The number of hydrogen-bond donors (Lipinski definition) is 1. The van der Waals surface area contributed by atoms with Gasteiger partial charge in [0.05, 0.1) is 5.69 Å². The van der Waals surface area contributed by atoms with Crippen LogP contribution in [0.15, 0.2) is 42.6 Å².